The summed E-state index contributed by atoms with van der Waals surface area (Å²) in [5, 5.41) is 5.54. The number of rotatable bonds is 0. The van der Waals surface area contributed by atoms with Gasteiger partial charge >= 0.3 is 0 Å². The van der Waals surface area contributed by atoms with E-state index in [4.69, 9.17) is 11.6 Å². The summed E-state index contributed by atoms with van der Waals surface area (Å²) in [5.74, 6) is 0. The fourth-order valence-electron chi connectivity index (χ4n) is 1.10. The van der Waals surface area contributed by atoms with E-state index in [0.29, 0.717) is 5.15 Å². The van der Waals surface area contributed by atoms with Crippen LogP contribution in [-0.2, 0) is 7.05 Å². The van der Waals surface area contributed by atoms with Gasteiger partial charge in [0.1, 0.15) is 5.52 Å². The van der Waals surface area contributed by atoms with Crippen LogP contribution in [0.5, 0.6) is 0 Å². The highest BCUT2D eigenvalue weighted by atomic mass is 79.9. The van der Waals surface area contributed by atoms with Crippen molar-refractivity contribution in [2.45, 2.75) is 0 Å². The van der Waals surface area contributed by atoms with Crippen LogP contribution in [0.1, 0.15) is 0 Å². The van der Waals surface area contributed by atoms with E-state index < -0.39 is 0 Å². The van der Waals surface area contributed by atoms with Crippen molar-refractivity contribution in [2.75, 3.05) is 0 Å². The second kappa shape index (κ2) is 2.71. The number of halogens is 2. The molecule has 0 fully saturated rings. The SMILES string of the molecule is Cn1ncc2c(Br)cnc(Cl)c21. The van der Waals surface area contributed by atoms with E-state index >= 15 is 0 Å². The molecule has 0 amide bonds. The normalized spacial score (nSPS) is 10.9. The second-order valence-electron chi connectivity index (χ2n) is 2.43. The van der Waals surface area contributed by atoms with E-state index in [1.54, 1.807) is 17.1 Å². The van der Waals surface area contributed by atoms with Gasteiger partial charge in [0.05, 0.1) is 6.20 Å². The van der Waals surface area contributed by atoms with Crippen molar-refractivity contribution in [3.63, 3.8) is 0 Å². The molecule has 2 heterocycles. The smallest absolute Gasteiger partial charge is 0.154 e. The zero-order valence-corrected chi connectivity index (χ0v) is 8.59. The molecule has 0 saturated heterocycles. The van der Waals surface area contributed by atoms with Gasteiger partial charge in [0.25, 0.3) is 0 Å². The first-order valence-corrected chi connectivity index (χ1v) is 4.49. The fourth-order valence-corrected chi connectivity index (χ4v) is 1.77. The van der Waals surface area contributed by atoms with Gasteiger partial charge in [0, 0.05) is 23.1 Å². The van der Waals surface area contributed by atoms with Crippen LogP contribution < -0.4 is 0 Å². The summed E-state index contributed by atoms with van der Waals surface area (Å²) in [6.45, 7) is 0. The van der Waals surface area contributed by atoms with Crippen molar-refractivity contribution in [3.05, 3.63) is 22.0 Å². The molecule has 12 heavy (non-hydrogen) atoms. The average Bonchev–Trinajstić information content (AvgIpc) is 2.42. The lowest BCUT2D eigenvalue weighted by Gasteiger charge is -1.97. The number of pyridine rings is 1. The van der Waals surface area contributed by atoms with Crippen LogP contribution in [-0.4, -0.2) is 14.8 Å². The van der Waals surface area contributed by atoms with Crippen LogP contribution in [0.2, 0.25) is 5.15 Å². The monoisotopic (exact) mass is 245 g/mol. The molecule has 0 N–H and O–H groups in total. The van der Waals surface area contributed by atoms with Crippen molar-refractivity contribution in [1.29, 1.82) is 0 Å². The van der Waals surface area contributed by atoms with Gasteiger partial charge in [-0.3, -0.25) is 4.68 Å². The van der Waals surface area contributed by atoms with Crippen molar-refractivity contribution >= 4 is 38.4 Å². The lowest BCUT2D eigenvalue weighted by molar-refractivity contribution is 0.795. The quantitative estimate of drug-likeness (QED) is 0.668. The molecular weight excluding hydrogens is 241 g/mol. The molecule has 0 aliphatic carbocycles. The van der Waals surface area contributed by atoms with E-state index in [-0.39, 0.29) is 0 Å². The molecule has 5 heteroatoms. The number of hydrogen-bond acceptors (Lipinski definition) is 2. The summed E-state index contributed by atoms with van der Waals surface area (Å²) in [4.78, 5) is 4.00. The fraction of sp³-hybridized carbons (Fsp3) is 0.143. The molecule has 2 aromatic heterocycles. The molecular formula is C7H5BrClN3. The zero-order chi connectivity index (χ0) is 8.72. The Morgan fingerprint density at radius 1 is 1.50 bits per heavy atom. The molecule has 0 saturated carbocycles. The van der Waals surface area contributed by atoms with Gasteiger partial charge in [0.15, 0.2) is 5.15 Å². The van der Waals surface area contributed by atoms with Gasteiger partial charge in [-0.05, 0) is 15.9 Å². The van der Waals surface area contributed by atoms with Crippen LogP contribution in [0, 0.1) is 0 Å². The highest BCUT2D eigenvalue weighted by Gasteiger charge is 2.07. The number of hydrogen-bond donors (Lipinski definition) is 0. The van der Waals surface area contributed by atoms with Crippen molar-refractivity contribution in [2.24, 2.45) is 7.05 Å². The Morgan fingerprint density at radius 3 is 2.92 bits per heavy atom. The molecule has 3 nitrogen and oxygen atoms in total. The molecule has 0 radical (unpaired) electrons. The Bertz CT molecular complexity index is 437. The molecule has 0 spiro atoms. The molecule has 0 atom stereocenters. The maximum absolute atomic E-state index is 5.88. The molecule has 0 bridgehead atoms. The molecule has 0 aliphatic rings. The summed E-state index contributed by atoms with van der Waals surface area (Å²) < 4.78 is 2.62. The lowest BCUT2D eigenvalue weighted by Crippen LogP contribution is -1.90. The number of fused-ring (bicyclic) bond motifs is 1. The summed E-state index contributed by atoms with van der Waals surface area (Å²) >= 11 is 9.25. The summed E-state index contributed by atoms with van der Waals surface area (Å²) in [6.07, 6.45) is 3.43. The van der Waals surface area contributed by atoms with Gasteiger partial charge in [-0.15, -0.1) is 0 Å². The Labute approximate surface area is 82.5 Å². The number of aryl methyl sites for hydroxylation is 1. The van der Waals surface area contributed by atoms with Gasteiger partial charge in [-0.25, -0.2) is 4.98 Å². The lowest BCUT2D eigenvalue weighted by atomic mass is 10.3. The minimum Gasteiger partial charge on any atom is -0.265 e. The molecule has 0 aliphatic heterocycles. The molecule has 62 valence electrons. The van der Waals surface area contributed by atoms with E-state index in [2.05, 4.69) is 26.0 Å². The Balaban J connectivity index is 2.98. The van der Waals surface area contributed by atoms with Gasteiger partial charge in [-0.1, -0.05) is 11.6 Å². The van der Waals surface area contributed by atoms with Crippen LogP contribution in [0.15, 0.2) is 16.9 Å². The van der Waals surface area contributed by atoms with Crippen molar-refractivity contribution < 1.29 is 0 Å². The summed E-state index contributed by atoms with van der Waals surface area (Å²) in [6, 6.07) is 0. The van der Waals surface area contributed by atoms with E-state index in [9.17, 15) is 0 Å². The van der Waals surface area contributed by atoms with Crippen LogP contribution in [0.4, 0.5) is 0 Å². The summed E-state index contributed by atoms with van der Waals surface area (Å²) in [7, 11) is 1.84. The standard InChI is InChI=1S/C7H5BrClN3/c1-12-6-4(2-11-12)5(8)3-10-7(6)9/h2-3H,1H3. The third-order valence-corrected chi connectivity index (χ3v) is 2.59. The van der Waals surface area contributed by atoms with E-state index in [1.165, 1.54) is 0 Å². The Hall–Kier alpha value is -0.610. The number of nitrogens with zero attached hydrogens (tertiary/aromatic N) is 3. The maximum atomic E-state index is 5.88. The largest absolute Gasteiger partial charge is 0.265 e. The van der Waals surface area contributed by atoms with Crippen molar-refractivity contribution in [3.8, 4) is 0 Å². The van der Waals surface area contributed by atoms with Gasteiger partial charge in [-0.2, -0.15) is 5.10 Å². The van der Waals surface area contributed by atoms with Crippen LogP contribution in [0.25, 0.3) is 10.9 Å². The van der Waals surface area contributed by atoms with Crippen LogP contribution in [0.3, 0.4) is 0 Å². The third kappa shape index (κ3) is 1.03. The summed E-state index contributed by atoms with van der Waals surface area (Å²) in [5.41, 5.74) is 0.853. The highest BCUT2D eigenvalue weighted by molar-refractivity contribution is 9.10. The first kappa shape index (κ1) is 8.01. The predicted octanol–water partition coefficient (Wildman–Crippen LogP) is 2.38. The van der Waals surface area contributed by atoms with E-state index in [0.717, 1.165) is 15.4 Å². The van der Waals surface area contributed by atoms with E-state index in [1.807, 2.05) is 7.05 Å². The van der Waals surface area contributed by atoms with Crippen LogP contribution >= 0.6 is 27.5 Å². The molecule has 0 aromatic carbocycles. The predicted molar refractivity (Wildman–Crippen MR) is 51.2 cm³/mol. The number of aromatic nitrogens is 3. The minimum atomic E-state index is 0.480. The van der Waals surface area contributed by atoms with Gasteiger partial charge in [0.2, 0.25) is 0 Å². The molecule has 0 unspecified atom stereocenters. The second-order valence-corrected chi connectivity index (χ2v) is 3.64. The molecule has 2 aromatic rings. The average molecular weight is 246 g/mol. The third-order valence-electron chi connectivity index (χ3n) is 1.68. The molecule has 2 rings (SSSR count). The maximum Gasteiger partial charge on any atom is 0.154 e. The Morgan fingerprint density at radius 2 is 2.25 bits per heavy atom. The Kier molecular flexibility index (Phi) is 1.81. The van der Waals surface area contributed by atoms with Gasteiger partial charge < -0.3 is 0 Å². The minimum absolute atomic E-state index is 0.480. The topological polar surface area (TPSA) is 30.7 Å². The first-order valence-electron chi connectivity index (χ1n) is 3.32. The zero-order valence-electron chi connectivity index (χ0n) is 6.25. The first-order chi connectivity index (χ1) is 5.70. The van der Waals surface area contributed by atoms with Crippen molar-refractivity contribution in [1.82, 2.24) is 14.8 Å². The highest BCUT2D eigenvalue weighted by Crippen LogP contribution is 2.26.